The number of hydrogen-bond donors (Lipinski definition) is 1. The highest BCUT2D eigenvalue weighted by Crippen LogP contribution is 1.85. The van der Waals surface area contributed by atoms with Gasteiger partial charge >= 0.3 is 0 Å². The van der Waals surface area contributed by atoms with E-state index in [0.717, 1.165) is 0 Å². The fourth-order valence-corrected chi connectivity index (χ4v) is 0.359. The minimum atomic E-state index is -0.229. The van der Waals surface area contributed by atoms with E-state index in [2.05, 4.69) is 0 Å². The Morgan fingerprint density at radius 3 is 2.25 bits per heavy atom. The summed E-state index contributed by atoms with van der Waals surface area (Å²) in [6.45, 7) is 3.79. The third kappa shape index (κ3) is 1.93. The predicted molar refractivity (Wildman–Crippen MR) is 29.5 cm³/mol. The Balaban J connectivity index is 3.46. The molecule has 0 aliphatic heterocycles. The molecule has 1 N–H and O–H groups in total. The zero-order valence-corrected chi connectivity index (χ0v) is 5.22. The van der Waals surface area contributed by atoms with Gasteiger partial charge in [-0.1, -0.05) is 6.92 Å². The number of carbonyl (C=O) groups is 1. The number of nitrogens with zero attached hydrogens (tertiary/aromatic N) is 1. The highest BCUT2D eigenvalue weighted by atomic mass is 16.5. The van der Waals surface area contributed by atoms with Gasteiger partial charge in [0.05, 0.1) is 0 Å². The van der Waals surface area contributed by atoms with Crippen LogP contribution in [0.4, 0.5) is 0 Å². The maximum absolute atomic E-state index is 10.4. The predicted octanol–water partition coefficient (Wildman–Crippen LogP) is 0.634. The van der Waals surface area contributed by atoms with Gasteiger partial charge in [0.25, 0.3) is 0 Å². The van der Waals surface area contributed by atoms with Crippen molar-refractivity contribution in [2.45, 2.75) is 20.3 Å². The molecule has 0 unspecified atom stereocenters. The van der Waals surface area contributed by atoms with E-state index in [1.807, 2.05) is 0 Å². The van der Waals surface area contributed by atoms with Crippen LogP contribution in [-0.4, -0.2) is 22.7 Å². The van der Waals surface area contributed by atoms with Crippen molar-refractivity contribution in [1.82, 2.24) is 5.06 Å². The largest absolute Gasteiger partial charge is 0.286 e. The smallest absolute Gasteiger partial charge is 0.245 e. The highest BCUT2D eigenvalue weighted by molar-refractivity contribution is 5.74. The lowest BCUT2D eigenvalue weighted by Gasteiger charge is -2.08. The monoisotopic (exact) mass is 117 g/mol. The molecule has 0 rings (SSSR count). The molecular formula is C5H11NO2. The fourth-order valence-electron chi connectivity index (χ4n) is 0.359. The van der Waals surface area contributed by atoms with E-state index in [1.165, 1.54) is 0 Å². The van der Waals surface area contributed by atoms with Crippen LogP contribution in [0.3, 0.4) is 0 Å². The normalized spacial score (nSPS) is 8.88. The van der Waals surface area contributed by atoms with Crippen LogP contribution in [0.15, 0.2) is 0 Å². The van der Waals surface area contributed by atoms with E-state index < -0.39 is 0 Å². The van der Waals surface area contributed by atoms with Crippen LogP contribution >= 0.6 is 0 Å². The first kappa shape index (κ1) is 7.43. The second kappa shape index (κ2) is 3.43. The van der Waals surface area contributed by atoms with Crippen LogP contribution in [0.25, 0.3) is 0 Å². The lowest BCUT2D eigenvalue weighted by atomic mass is 10.4. The van der Waals surface area contributed by atoms with Gasteiger partial charge in [0.2, 0.25) is 5.91 Å². The topological polar surface area (TPSA) is 40.5 Å². The summed E-state index contributed by atoms with van der Waals surface area (Å²) < 4.78 is 0. The average Bonchev–Trinajstić information content (AvgIpc) is 1.84. The molecule has 0 saturated heterocycles. The number of hydrogen-bond acceptors (Lipinski definition) is 2. The summed E-state index contributed by atoms with van der Waals surface area (Å²) in [5, 5.41) is 9.32. The Labute approximate surface area is 48.9 Å². The second-order valence-corrected chi connectivity index (χ2v) is 1.46. The van der Waals surface area contributed by atoms with Crippen molar-refractivity contribution in [1.29, 1.82) is 0 Å². The molecule has 0 aromatic rings. The fraction of sp³-hybridized carbons (Fsp3) is 0.800. The van der Waals surface area contributed by atoms with Gasteiger partial charge in [-0.2, -0.15) is 0 Å². The second-order valence-electron chi connectivity index (χ2n) is 1.46. The van der Waals surface area contributed by atoms with Gasteiger partial charge in [-0.15, -0.1) is 0 Å². The molecule has 0 aliphatic carbocycles. The first-order valence-corrected chi connectivity index (χ1v) is 2.71. The molecule has 0 aliphatic rings. The van der Waals surface area contributed by atoms with Crippen LogP contribution in [-0.2, 0) is 4.79 Å². The number of carbonyl (C=O) groups excluding carboxylic acids is 1. The number of amides is 1. The number of rotatable bonds is 2. The van der Waals surface area contributed by atoms with Crippen molar-refractivity contribution in [3.8, 4) is 0 Å². The number of hydroxylamine groups is 2. The van der Waals surface area contributed by atoms with E-state index in [4.69, 9.17) is 5.21 Å². The van der Waals surface area contributed by atoms with Gasteiger partial charge in [-0.25, -0.2) is 5.06 Å². The minimum absolute atomic E-state index is 0.229. The van der Waals surface area contributed by atoms with E-state index in [-0.39, 0.29) is 5.91 Å². The molecular weight excluding hydrogens is 106 g/mol. The van der Waals surface area contributed by atoms with Crippen LogP contribution in [0, 0.1) is 0 Å². The third-order valence-corrected chi connectivity index (χ3v) is 0.890. The Morgan fingerprint density at radius 2 is 2.12 bits per heavy atom. The Hall–Kier alpha value is -0.570. The van der Waals surface area contributed by atoms with Crippen molar-refractivity contribution in [2.24, 2.45) is 0 Å². The van der Waals surface area contributed by atoms with Crippen LogP contribution in [0.1, 0.15) is 20.3 Å². The minimum Gasteiger partial charge on any atom is -0.286 e. The summed E-state index contributed by atoms with van der Waals surface area (Å²) in [7, 11) is 0. The third-order valence-electron chi connectivity index (χ3n) is 0.890. The molecule has 48 valence electrons. The summed E-state index contributed by atoms with van der Waals surface area (Å²) in [6, 6.07) is 0. The zero-order chi connectivity index (χ0) is 6.57. The van der Waals surface area contributed by atoms with Gasteiger partial charge in [-0.05, 0) is 6.92 Å². The van der Waals surface area contributed by atoms with Crippen molar-refractivity contribution in [3.63, 3.8) is 0 Å². The lowest BCUT2D eigenvalue weighted by Crippen LogP contribution is -2.25. The average molecular weight is 117 g/mol. The Kier molecular flexibility index (Phi) is 3.19. The van der Waals surface area contributed by atoms with Crippen molar-refractivity contribution >= 4 is 5.91 Å². The summed E-state index contributed by atoms with van der Waals surface area (Å²) in [5.41, 5.74) is 0. The first-order chi connectivity index (χ1) is 3.72. The maximum Gasteiger partial charge on any atom is 0.245 e. The standard InChI is InChI=1S/C5H11NO2/c1-3-5(7)6(8)4-2/h8H,3-4H2,1-2H3. The molecule has 0 fully saturated rings. The van der Waals surface area contributed by atoms with Gasteiger partial charge < -0.3 is 0 Å². The van der Waals surface area contributed by atoms with Crippen molar-refractivity contribution in [2.75, 3.05) is 6.54 Å². The molecule has 0 aromatic carbocycles. The SMILES string of the molecule is CCC(=O)N(O)CC. The Morgan fingerprint density at radius 1 is 1.62 bits per heavy atom. The van der Waals surface area contributed by atoms with Gasteiger partial charge in [-0.3, -0.25) is 10.0 Å². The molecule has 8 heavy (non-hydrogen) atoms. The molecule has 0 radical (unpaired) electrons. The van der Waals surface area contributed by atoms with Crippen LogP contribution < -0.4 is 0 Å². The first-order valence-electron chi connectivity index (χ1n) is 2.71. The quantitative estimate of drug-likeness (QED) is 0.425. The van der Waals surface area contributed by atoms with Gasteiger partial charge in [0, 0.05) is 13.0 Å². The van der Waals surface area contributed by atoms with Gasteiger partial charge in [0.1, 0.15) is 0 Å². The van der Waals surface area contributed by atoms with Crippen LogP contribution in [0.5, 0.6) is 0 Å². The van der Waals surface area contributed by atoms with E-state index in [1.54, 1.807) is 13.8 Å². The highest BCUT2D eigenvalue weighted by Gasteiger charge is 2.02. The summed E-state index contributed by atoms with van der Waals surface area (Å²) >= 11 is 0. The van der Waals surface area contributed by atoms with Crippen molar-refractivity contribution in [3.05, 3.63) is 0 Å². The summed E-state index contributed by atoms with van der Waals surface area (Å²) in [4.78, 5) is 10.4. The molecule has 0 spiro atoms. The zero-order valence-electron chi connectivity index (χ0n) is 5.22. The van der Waals surface area contributed by atoms with E-state index in [0.29, 0.717) is 18.0 Å². The van der Waals surface area contributed by atoms with E-state index in [9.17, 15) is 4.79 Å². The molecule has 3 heteroatoms. The Bertz CT molecular complexity index is 82.5. The molecule has 1 amide bonds. The lowest BCUT2D eigenvalue weighted by molar-refractivity contribution is -0.163. The molecule has 0 aromatic heterocycles. The van der Waals surface area contributed by atoms with E-state index >= 15 is 0 Å². The molecule has 0 saturated carbocycles. The summed E-state index contributed by atoms with van der Waals surface area (Å²) in [5.74, 6) is -0.229. The maximum atomic E-state index is 10.4. The van der Waals surface area contributed by atoms with Crippen molar-refractivity contribution < 1.29 is 10.0 Å². The molecule has 0 atom stereocenters. The summed E-state index contributed by atoms with van der Waals surface area (Å²) in [6.07, 6.45) is 0.365. The molecule has 0 bridgehead atoms. The molecule has 3 nitrogen and oxygen atoms in total. The van der Waals surface area contributed by atoms with Crippen LogP contribution in [0.2, 0.25) is 0 Å². The van der Waals surface area contributed by atoms with Gasteiger partial charge in [0.15, 0.2) is 0 Å². The molecule has 0 heterocycles.